The quantitative estimate of drug-likeness (QED) is 0.0280. The molecule has 0 radical (unpaired) electrons. The zero-order chi connectivity index (χ0) is 44.6. The van der Waals surface area contributed by atoms with Crippen molar-refractivity contribution >= 4 is 22.3 Å². The first-order valence-electron chi connectivity index (χ1n) is 24.0. The van der Waals surface area contributed by atoms with Gasteiger partial charge in [0.25, 0.3) is 5.91 Å². The van der Waals surface area contributed by atoms with E-state index in [9.17, 15) is 32.8 Å². The summed E-state index contributed by atoms with van der Waals surface area (Å²) < 4.78 is 61.8. The number of hydrogen-bond acceptors (Lipinski definition) is 11. The molecule has 13 nitrogen and oxygen atoms in total. The van der Waals surface area contributed by atoms with Crippen LogP contribution in [0, 0.1) is 0 Å². The molecule has 2 rings (SSSR count). The predicted octanol–water partition coefficient (Wildman–Crippen LogP) is 10.3. The fourth-order valence-corrected chi connectivity index (χ4v) is 8.23. The summed E-state index contributed by atoms with van der Waals surface area (Å²) in [4.78, 5) is 27.0. The van der Waals surface area contributed by atoms with Gasteiger partial charge in [-0.15, -0.1) is 0 Å². The molecule has 0 bridgehead atoms. The first kappa shape index (κ1) is 54.6. The van der Waals surface area contributed by atoms with E-state index in [0.29, 0.717) is 31.1 Å². The van der Waals surface area contributed by atoms with Gasteiger partial charge in [0.2, 0.25) is 0 Å². The van der Waals surface area contributed by atoms with Crippen molar-refractivity contribution in [1.29, 1.82) is 0 Å². The van der Waals surface area contributed by atoms with Crippen molar-refractivity contribution in [3.63, 3.8) is 0 Å². The van der Waals surface area contributed by atoms with E-state index in [2.05, 4.69) is 26.1 Å². The Morgan fingerprint density at radius 1 is 0.639 bits per heavy atom. The van der Waals surface area contributed by atoms with Crippen molar-refractivity contribution in [3.05, 3.63) is 23.8 Å². The maximum atomic E-state index is 13.9. The summed E-state index contributed by atoms with van der Waals surface area (Å²) in [6.07, 6.45) is 23.5. The van der Waals surface area contributed by atoms with Gasteiger partial charge in [0.05, 0.1) is 19.8 Å². The molecule has 1 saturated heterocycles. The minimum atomic E-state index is -5.15. The Morgan fingerprint density at radius 2 is 1.08 bits per heavy atom. The van der Waals surface area contributed by atoms with Crippen LogP contribution < -0.4 is 14.8 Å². The summed E-state index contributed by atoms with van der Waals surface area (Å²) in [6.45, 7) is 6.70. The van der Waals surface area contributed by atoms with E-state index < -0.39 is 59.5 Å². The predicted molar refractivity (Wildman–Crippen MR) is 239 cm³/mol. The zero-order valence-electron chi connectivity index (χ0n) is 38.0. The summed E-state index contributed by atoms with van der Waals surface area (Å²) in [5, 5.41) is 23.7. The number of ether oxygens (including phenoxy) is 4. The molecule has 1 unspecified atom stereocenters. The Morgan fingerprint density at radius 3 is 1.54 bits per heavy atom. The van der Waals surface area contributed by atoms with Crippen molar-refractivity contribution < 1.29 is 55.9 Å². The molecule has 0 aliphatic carbocycles. The number of carbonyl (C=O) groups is 2. The smallest absolute Gasteiger partial charge is 0.397 e. The van der Waals surface area contributed by atoms with Gasteiger partial charge in [-0.25, -0.2) is 4.18 Å². The SMILES string of the molecule is CCCCCCCCCCCCCC(=O)O[C@H]1[C@H](OS(=O)(=O)O)[C@@H](CO)OC(O)[C@@H]1NC(=O)c1ccc(OCCCCCCCCCC)c(OCCCCCCCCCC)c1. The molecule has 5 atom stereocenters. The normalized spacial score (nSPS) is 19.1. The van der Waals surface area contributed by atoms with Crippen molar-refractivity contribution in [2.24, 2.45) is 0 Å². The van der Waals surface area contributed by atoms with Crippen LogP contribution in [0.3, 0.4) is 0 Å². The largest absolute Gasteiger partial charge is 0.490 e. The van der Waals surface area contributed by atoms with Crippen molar-refractivity contribution in [2.75, 3.05) is 19.8 Å². The third kappa shape index (κ3) is 24.8. The average molecular weight is 886 g/mol. The molecule has 1 aliphatic rings. The van der Waals surface area contributed by atoms with Gasteiger partial charge in [-0.2, -0.15) is 8.42 Å². The Hall–Kier alpha value is -2.49. The van der Waals surface area contributed by atoms with E-state index in [1.54, 1.807) is 18.2 Å². The van der Waals surface area contributed by atoms with Gasteiger partial charge in [-0.05, 0) is 37.5 Å². The third-order valence-electron chi connectivity index (χ3n) is 11.3. The monoisotopic (exact) mass is 886 g/mol. The summed E-state index contributed by atoms with van der Waals surface area (Å²) in [5.74, 6) is -0.539. The van der Waals surface area contributed by atoms with Crippen LogP contribution in [0.2, 0.25) is 0 Å². The lowest BCUT2D eigenvalue weighted by Gasteiger charge is -2.43. The van der Waals surface area contributed by atoms with Crippen LogP contribution >= 0.6 is 0 Å². The van der Waals surface area contributed by atoms with Crippen LogP contribution in [0.25, 0.3) is 0 Å². The second-order valence-corrected chi connectivity index (χ2v) is 17.8. The highest BCUT2D eigenvalue weighted by Crippen LogP contribution is 2.31. The van der Waals surface area contributed by atoms with Gasteiger partial charge < -0.3 is 34.5 Å². The number of aliphatic hydroxyl groups is 2. The van der Waals surface area contributed by atoms with E-state index >= 15 is 0 Å². The lowest BCUT2D eigenvalue weighted by Crippen LogP contribution is -2.66. The highest BCUT2D eigenvalue weighted by atomic mass is 32.3. The summed E-state index contributed by atoms with van der Waals surface area (Å²) in [7, 11) is -5.15. The molecule has 1 amide bonds. The molecular weight excluding hydrogens is 803 g/mol. The summed E-state index contributed by atoms with van der Waals surface area (Å²) >= 11 is 0. The van der Waals surface area contributed by atoms with Crippen LogP contribution in [0.1, 0.15) is 211 Å². The number of carbonyl (C=O) groups excluding carboxylic acids is 2. The maximum absolute atomic E-state index is 13.9. The highest BCUT2D eigenvalue weighted by molar-refractivity contribution is 7.80. The maximum Gasteiger partial charge on any atom is 0.397 e. The van der Waals surface area contributed by atoms with Gasteiger partial charge in [-0.1, -0.05) is 175 Å². The molecule has 0 saturated carbocycles. The molecule has 14 heteroatoms. The lowest BCUT2D eigenvalue weighted by molar-refractivity contribution is -0.252. The third-order valence-corrected chi connectivity index (χ3v) is 11.8. The minimum Gasteiger partial charge on any atom is -0.490 e. The number of benzene rings is 1. The molecule has 0 spiro atoms. The first-order chi connectivity index (χ1) is 29.5. The Labute approximate surface area is 368 Å². The number of aliphatic hydroxyl groups excluding tert-OH is 2. The number of esters is 1. The van der Waals surface area contributed by atoms with E-state index in [-0.39, 0.29) is 12.0 Å². The van der Waals surface area contributed by atoms with Gasteiger partial charge in [0, 0.05) is 12.0 Å². The molecule has 1 aliphatic heterocycles. The Kier molecular flexibility index (Phi) is 30.4. The summed E-state index contributed by atoms with van der Waals surface area (Å²) in [5.41, 5.74) is 0.139. The first-order valence-corrected chi connectivity index (χ1v) is 25.4. The molecule has 1 heterocycles. The number of nitrogens with one attached hydrogen (secondary N) is 1. The van der Waals surface area contributed by atoms with Crippen LogP contribution in [-0.4, -0.2) is 85.5 Å². The van der Waals surface area contributed by atoms with Gasteiger partial charge >= 0.3 is 16.4 Å². The van der Waals surface area contributed by atoms with Crippen LogP contribution in [0.5, 0.6) is 11.5 Å². The van der Waals surface area contributed by atoms with Gasteiger partial charge in [0.15, 0.2) is 23.9 Å². The van der Waals surface area contributed by atoms with E-state index in [1.165, 1.54) is 103 Å². The summed E-state index contributed by atoms with van der Waals surface area (Å²) in [6, 6.07) is 3.22. The molecular formula is C47H83NO12S. The van der Waals surface area contributed by atoms with Crippen LogP contribution in [0.4, 0.5) is 0 Å². The number of hydrogen-bond donors (Lipinski definition) is 4. The lowest BCUT2D eigenvalue weighted by atomic mass is 9.96. The Balaban J connectivity index is 2.13. The average Bonchev–Trinajstić information content (AvgIpc) is 3.23. The zero-order valence-corrected chi connectivity index (χ0v) is 38.8. The van der Waals surface area contributed by atoms with Gasteiger partial charge in [-0.3, -0.25) is 14.1 Å². The topological polar surface area (TPSA) is 187 Å². The standard InChI is InChI=1S/C47H83NO12S/c1-4-7-10-13-16-19-20-21-22-25-28-31-42(50)59-45-43(47(52)58-41(37-49)44(45)60-61(53,54)55)48-46(51)38-32-33-39(56-34-29-26-23-17-14-11-8-5-2)40(36-38)57-35-30-27-24-18-15-12-9-6-3/h32-33,36,41,43-45,47,49,52H,4-31,34-35,37H2,1-3H3,(H,48,51)(H,53,54,55)/t41-,43-,44-,45-,47?/m1/s1. The molecule has 1 aromatic rings. The van der Waals surface area contributed by atoms with E-state index in [0.717, 1.165) is 64.2 Å². The van der Waals surface area contributed by atoms with E-state index in [4.69, 9.17) is 23.1 Å². The van der Waals surface area contributed by atoms with Crippen molar-refractivity contribution in [3.8, 4) is 11.5 Å². The number of unbranched alkanes of at least 4 members (excludes halogenated alkanes) is 24. The van der Waals surface area contributed by atoms with Crippen LogP contribution in [-0.2, 0) is 28.9 Å². The second kappa shape index (κ2) is 34.0. The Bertz CT molecular complexity index is 1400. The molecule has 4 N–H and O–H groups in total. The van der Waals surface area contributed by atoms with Crippen molar-refractivity contribution in [2.45, 2.75) is 231 Å². The number of amides is 1. The molecule has 61 heavy (non-hydrogen) atoms. The van der Waals surface area contributed by atoms with Crippen molar-refractivity contribution in [1.82, 2.24) is 5.32 Å². The fourth-order valence-electron chi connectivity index (χ4n) is 7.71. The second-order valence-electron chi connectivity index (χ2n) is 16.8. The highest BCUT2D eigenvalue weighted by Gasteiger charge is 2.50. The fraction of sp³-hybridized carbons (Fsp3) is 0.830. The number of rotatable bonds is 38. The minimum absolute atomic E-state index is 0.00645. The molecule has 1 aromatic carbocycles. The van der Waals surface area contributed by atoms with E-state index in [1.807, 2.05) is 0 Å². The van der Waals surface area contributed by atoms with Crippen LogP contribution in [0.15, 0.2) is 18.2 Å². The molecule has 0 aromatic heterocycles. The van der Waals surface area contributed by atoms with Gasteiger partial charge in [0.1, 0.15) is 18.2 Å². The molecule has 354 valence electrons. The molecule has 1 fully saturated rings.